The number of hydrogen-bond donors (Lipinski definition) is 3. The van der Waals surface area contributed by atoms with Crippen LogP contribution >= 0.6 is 0 Å². The van der Waals surface area contributed by atoms with Crippen LogP contribution in [0.2, 0.25) is 0 Å². The van der Waals surface area contributed by atoms with Crippen LogP contribution in [-0.2, 0) is 11.3 Å². The molecule has 8 heteroatoms. The molecule has 3 N–H and O–H groups in total. The van der Waals surface area contributed by atoms with Gasteiger partial charge in [-0.1, -0.05) is 43.2 Å². The summed E-state index contributed by atoms with van der Waals surface area (Å²) < 4.78 is 28.5. The third-order valence-corrected chi connectivity index (χ3v) is 5.26. The van der Waals surface area contributed by atoms with Crippen LogP contribution in [0.5, 0.6) is 0 Å². The first-order valence-corrected chi connectivity index (χ1v) is 9.88. The van der Waals surface area contributed by atoms with Gasteiger partial charge in [-0.15, -0.1) is 0 Å². The van der Waals surface area contributed by atoms with E-state index in [9.17, 15) is 18.4 Å². The van der Waals surface area contributed by atoms with Crippen molar-refractivity contribution >= 4 is 23.3 Å². The van der Waals surface area contributed by atoms with Gasteiger partial charge in [0.05, 0.1) is 0 Å². The van der Waals surface area contributed by atoms with E-state index in [2.05, 4.69) is 16.0 Å². The molecule has 3 amide bonds. The normalized spacial score (nSPS) is 14.8. The van der Waals surface area contributed by atoms with Crippen LogP contribution in [0.3, 0.4) is 0 Å². The molecule has 30 heavy (non-hydrogen) atoms. The minimum atomic E-state index is -1.12. The molecule has 0 heterocycles. The molecular formula is C22H26F2N4O2. The highest BCUT2D eigenvalue weighted by Crippen LogP contribution is 2.32. The smallest absolute Gasteiger partial charge is 0.315 e. The van der Waals surface area contributed by atoms with Gasteiger partial charge < -0.3 is 20.9 Å². The fourth-order valence-electron chi connectivity index (χ4n) is 3.74. The largest absolute Gasteiger partial charge is 0.373 e. The molecule has 6 nitrogen and oxygen atoms in total. The van der Waals surface area contributed by atoms with Crippen LogP contribution in [-0.4, -0.2) is 31.6 Å². The second-order valence-corrected chi connectivity index (χ2v) is 7.72. The van der Waals surface area contributed by atoms with E-state index in [0.717, 1.165) is 30.5 Å². The second-order valence-electron chi connectivity index (χ2n) is 7.72. The summed E-state index contributed by atoms with van der Waals surface area (Å²) in [4.78, 5) is 26.7. The number of nitrogens with zero attached hydrogens (tertiary/aromatic N) is 1. The maximum atomic E-state index is 14.2. The van der Waals surface area contributed by atoms with E-state index in [1.807, 2.05) is 30.3 Å². The molecule has 1 aliphatic rings. The third kappa shape index (κ3) is 4.87. The summed E-state index contributed by atoms with van der Waals surface area (Å²) in [7, 11) is 3.07. The van der Waals surface area contributed by atoms with Crippen LogP contribution in [0.15, 0.2) is 42.5 Å². The molecule has 3 rings (SSSR count). The predicted molar refractivity (Wildman–Crippen MR) is 112 cm³/mol. The number of carbonyl (C=O) groups is 2. The first-order valence-electron chi connectivity index (χ1n) is 9.88. The van der Waals surface area contributed by atoms with Crippen molar-refractivity contribution in [2.75, 3.05) is 24.3 Å². The van der Waals surface area contributed by atoms with Crippen molar-refractivity contribution in [2.24, 2.45) is 0 Å². The number of anilines is 2. The minimum absolute atomic E-state index is 0.0124. The molecule has 0 bridgehead atoms. The molecule has 0 radical (unpaired) electrons. The number of rotatable bonds is 6. The van der Waals surface area contributed by atoms with Gasteiger partial charge >= 0.3 is 6.03 Å². The molecular weight excluding hydrogens is 390 g/mol. The molecule has 2 aromatic rings. The maximum Gasteiger partial charge on any atom is 0.315 e. The first kappa shape index (κ1) is 21.5. The Hall–Kier alpha value is -3.16. The fourth-order valence-corrected chi connectivity index (χ4v) is 3.74. The van der Waals surface area contributed by atoms with Crippen molar-refractivity contribution in [3.05, 3.63) is 59.7 Å². The van der Waals surface area contributed by atoms with E-state index in [0.29, 0.717) is 19.4 Å². The van der Waals surface area contributed by atoms with Crippen molar-refractivity contribution in [3.8, 4) is 0 Å². The number of nitrogens with one attached hydrogen (secondary N) is 3. The summed E-state index contributed by atoms with van der Waals surface area (Å²) in [6.07, 6.45) is 2.46. The van der Waals surface area contributed by atoms with Gasteiger partial charge in [-0.3, -0.25) is 4.79 Å². The number of urea groups is 1. The lowest BCUT2D eigenvalue weighted by molar-refractivity contribution is -0.121. The zero-order chi connectivity index (χ0) is 21.7. The van der Waals surface area contributed by atoms with E-state index < -0.39 is 29.1 Å². The van der Waals surface area contributed by atoms with Gasteiger partial charge in [-0.2, -0.15) is 0 Å². The Balaban J connectivity index is 1.69. The first-order chi connectivity index (χ1) is 14.3. The molecule has 0 atom stereocenters. The summed E-state index contributed by atoms with van der Waals surface area (Å²) >= 11 is 0. The Morgan fingerprint density at radius 3 is 2.20 bits per heavy atom. The summed E-state index contributed by atoms with van der Waals surface area (Å²) in [5.41, 5.74) is -0.349. The maximum absolute atomic E-state index is 14.2. The number of benzene rings is 2. The Labute approximate surface area is 174 Å². The van der Waals surface area contributed by atoms with E-state index in [1.165, 1.54) is 19.0 Å². The lowest BCUT2D eigenvalue weighted by Crippen LogP contribution is -2.57. The topological polar surface area (TPSA) is 73.5 Å². The van der Waals surface area contributed by atoms with Gasteiger partial charge in [-0.05, 0) is 30.5 Å². The molecule has 160 valence electrons. The van der Waals surface area contributed by atoms with E-state index in [4.69, 9.17) is 0 Å². The van der Waals surface area contributed by atoms with Crippen LogP contribution < -0.4 is 20.9 Å². The molecule has 0 aromatic heterocycles. The quantitative estimate of drug-likeness (QED) is 0.671. The Kier molecular flexibility index (Phi) is 6.54. The number of halogens is 2. The summed E-state index contributed by atoms with van der Waals surface area (Å²) in [5, 5.41) is 8.11. The minimum Gasteiger partial charge on any atom is -0.373 e. The molecule has 0 aliphatic heterocycles. The van der Waals surface area contributed by atoms with E-state index in [1.54, 1.807) is 0 Å². The van der Waals surface area contributed by atoms with Gasteiger partial charge in [0.2, 0.25) is 5.91 Å². The number of amides is 3. The molecule has 0 unspecified atom stereocenters. The highest BCUT2D eigenvalue weighted by molar-refractivity contribution is 6.00. The summed E-state index contributed by atoms with van der Waals surface area (Å²) in [5.74, 6) is -2.03. The standard InChI is InChI=1S/C22H26F2N4O2/c1-28(2)19-17(23)12-16(13-18(19)24)26-20(29)22(10-6-7-11-22)27-21(30)25-14-15-8-4-3-5-9-15/h3-5,8-9,12-13H,6-7,10-11,14H2,1-2H3,(H,26,29)(H2,25,27,30). The van der Waals surface area contributed by atoms with Gasteiger partial charge in [0, 0.05) is 26.3 Å². The zero-order valence-corrected chi connectivity index (χ0v) is 17.1. The highest BCUT2D eigenvalue weighted by Gasteiger charge is 2.42. The number of carbonyl (C=O) groups excluding carboxylic acids is 2. The zero-order valence-electron chi connectivity index (χ0n) is 17.1. The van der Waals surface area contributed by atoms with Gasteiger partial charge in [0.15, 0.2) is 11.6 Å². The van der Waals surface area contributed by atoms with Crippen molar-refractivity contribution in [1.29, 1.82) is 0 Å². The Bertz CT molecular complexity index is 890. The Morgan fingerprint density at radius 1 is 1.03 bits per heavy atom. The lowest BCUT2D eigenvalue weighted by atomic mass is 9.96. The van der Waals surface area contributed by atoms with E-state index in [-0.39, 0.29) is 11.4 Å². The summed E-state index contributed by atoms with van der Waals surface area (Å²) in [6, 6.07) is 11.1. The van der Waals surface area contributed by atoms with Crippen LogP contribution in [0.4, 0.5) is 25.0 Å². The van der Waals surface area contributed by atoms with E-state index >= 15 is 0 Å². The van der Waals surface area contributed by atoms with Gasteiger partial charge in [-0.25, -0.2) is 13.6 Å². The molecule has 1 fully saturated rings. The van der Waals surface area contributed by atoms with Crippen molar-refractivity contribution < 1.29 is 18.4 Å². The van der Waals surface area contributed by atoms with Gasteiger partial charge in [0.1, 0.15) is 11.2 Å². The molecule has 1 saturated carbocycles. The van der Waals surface area contributed by atoms with Crippen LogP contribution in [0.1, 0.15) is 31.2 Å². The van der Waals surface area contributed by atoms with Gasteiger partial charge in [0.25, 0.3) is 0 Å². The fraction of sp³-hybridized carbons (Fsp3) is 0.364. The van der Waals surface area contributed by atoms with Crippen molar-refractivity contribution in [1.82, 2.24) is 10.6 Å². The van der Waals surface area contributed by atoms with Crippen molar-refractivity contribution in [3.63, 3.8) is 0 Å². The van der Waals surface area contributed by atoms with Crippen molar-refractivity contribution in [2.45, 2.75) is 37.8 Å². The third-order valence-electron chi connectivity index (χ3n) is 5.26. The summed E-state index contributed by atoms with van der Waals surface area (Å²) in [6.45, 7) is 0.326. The molecule has 0 saturated heterocycles. The van der Waals surface area contributed by atoms with Crippen LogP contribution in [0, 0.1) is 11.6 Å². The van der Waals surface area contributed by atoms with Crippen LogP contribution in [0.25, 0.3) is 0 Å². The second kappa shape index (κ2) is 9.11. The molecule has 2 aromatic carbocycles. The number of hydrogen-bond acceptors (Lipinski definition) is 3. The monoisotopic (exact) mass is 416 g/mol. The predicted octanol–water partition coefficient (Wildman–Crippen LogP) is 3.78. The molecule has 0 spiro atoms. The lowest BCUT2D eigenvalue weighted by Gasteiger charge is -2.29. The highest BCUT2D eigenvalue weighted by atomic mass is 19.1. The average Bonchev–Trinajstić information content (AvgIpc) is 3.16. The SMILES string of the molecule is CN(C)c1c(F)cc(NC(=O)C2(NC(=O)NCc3ccccc3)CCCC2)cc1F. The molecule has 1 aliphatic carbocycles. The average molecular weight is 416 g/mol. The Morgan fingerprint density at radius 2 is 1.63 bits per heavy atom.